The van der Waals surface area contributed by atoms with Gasteiger partial charge in [0.1, 0.15) is 23.8 Å². The SMILES string of the molecule is O=C(Nc1cc(F)ccc1F)N1CCN(c2ccc3nncn3n2)CC1. The largest absolute Gasteiger partial charge is 0.352 e. The van der Waals surface area contributed by atoms with E-state index in [1.54, 1.807) is 9.42 Å². The molecule has 4 rings (SSSR count). The second-order valence-corrected chi connectivity index (χ2v) is 5.85. The lowest BCUT2D eigenvalue weighted by Crippen LogP contribution is -2.50. The predicted octanol–water partition coefficient (Wildman–Crippen LogP) is 1.76. The first kappa shape index (κ1) is 16.2. The molecule has 2 aromatic heterocycles. The topological polar surface area (TPSA) is 78.7 Å². The lowest BCUT2D eigenvalue weighted by atomic mass is 10.3. The van der Waals surface area contributed by atoms with Crippen molar-refractivity contribution in [1.82, 2.24) is 24.7 Å². The number of anilines is 2. The van der Waals surface area contributed by atoms with Gasteiger partial charge in [-0.25, -0.2) is 13.6 Å². The molecule has 2 amide bonds. The van der Waals surface area contributed by atoms with Crippen molar-refractivity contribution in [3.63, 3.8) is 0 Å². The van der Waals surface area contributed by atoms with E-state index in [2.05, 4.69) is 20.6 Å². The Morgan fingerprint density at radius 3 is 2.69 bits per heavy atom. The lowest BCUT2D eigenvalue weighted by molar-refractivity contribution is 0.208. The maximum atomic E-state index is 13.7. The standard InChI is InChI=1S/C16H15F2N7O/c17-11-1-2-12(18)13(9-11)20-16(26)24-7-5-23(6-8-24)15-4-3-14-21-19-10-25(14)22-15/h1-4,9-10H,5-8H2,(H,20,26). The van der Waals surface area contributed by atoms with Gasteiger partial charge in [0.15, 0.2) is 5.65 Å². The fourth-order valence-electron chi connectivity index (χ4n) is 2.81. The third kappa shape index (κ3) is 3.13. The fourth-order valence-corrected chi connectivity index (χ4v) is 2.81. The average molecular weight is 359 g/mol. The highest BCUT2D eigenvalue weighted by Gasteiger charge is 2.23. The van der Waals surface area contributed by atoms with E-state index in [0.717, 1.165) is 24.0 Å². The highest BCUT2D eigenvalue weighted by atomic mass is 19.1. The number of rotatable bonds is 2. The van der Waals surface area contributed by atoms with Gasteiger partial charge in [0.25, 0.3) is 0 Å². The van der Waals surface area contributed by atoms with Gasteiger partial charge in [0.2, 0.25) is 0 Å². The number of piperazine rings is 1. The minimum Gasteiger partial charge on any atom is -0.352 e. The summed E-state index contributed by atoms with van der Waals surface area (Å²) in [6.45, 7) is 2.01. The number of nitrogens with zero attached hydrogens (tertiary/aromatic N) is 6. The number of benzene rings is 1. The summed E-state index contributed by atoms with van der Waals surface area (Å²) in [5.41, 5.74) is 0.487. The van der Waals surface area contributed by atoms with Crippen LogP contribution in [-0.2, 0) is 0 Å². The number of amides is 2. The summed E-state index contributed by atoms with van der Waals surface area (Å²) in [5, 5.41) is 14.5. The number of carbonyl (C=O) groups excluding carboxylic acids is 1. The van der Waals surface area contributed by atoms with Crippen LogP contribution in [0.1, 0.15) is 0 Å². The number of hydrogen-bond acceptors (Lipinski definition) is 5. The average Bonchev–Trinajstić information content (AvgIpc) is 3.12. The van der Waals surface area contributed by atoms with E-state index in [-0.39, 0.29) is 5.69 Å². The number of halogens is 2. The molecule has 8 nitrogen and oxygen atoms in total. The molecule has 1 aromatic carbocycles. The van der Waals surface area contributed by atoms with Crippen molar-refractivity contribution < 1.29 is 13.6 Å². The van der Waals surface area contributed by atoms with Crippen LogP contribution in [0.5, 0.6) is 0 Å². The van der Waals surface area contributed by atoms with Crippen molar-refractivity contribution in [1.29, 1.82) is 0 Å². The summed E-state index contributed by atoms with van der Waals surface area (Å²) in [6.07, 6.45) is 1.52. The molecule has 3 aromatic rings. The molecule has 0 bridgehead atoms. The van der Waals surface area contributed by atoms with Gasteiger partial charge < -0.3 is 15.1 Å². The van der Waals surface area contributed by atoms with Crippen molar-refractivity contribution >= 4 is 23.2 Å². The normalized spacial score (nSPS) is 14.7. The summed E-state index contributed by atoms with van der Waals surface area (Å²) in [4.78, 5) is 15.9. The van der Waals surface area contributed by atoms with Crippen molar-refractivity contribution in [3.8, 4) is 0 Å². The Kier molecular flexibility index (Phi) is 4.07. The molecule has 0 spiro atoms. The van der Waals surface area contributed by atoms with E-state index in [1.807, 2.05) is 17.0 Å². The Bertz CT molecular complexity index is 953. The molecule has 26 heavy (non-hydrogen) atoms. The highest BCUT2D eigenvalue weighted by molar-refractivity contribution is 5.89. The maximum Gasteiger partial charge on any atom is 0.322 e. The molecule has 1 aliphatic heterocycles. The summed E-state index contributed by atoms with van der Waals surface area (Å²) in [7, 11) is 0. The Morgan fingerprint density at radius 1 is 1.08 bits per heavy atom. The predicted molar refractivity (Wildman–Crippen MR) is 89.9 cm³/mol. The van der Waals surface area contributed by atoms with Crippen LogP contribution in [0.2, 0.25) is 0 Å². The first-order valence-electron chi connectivity index (χ1n) is 8.03. The Balaban J connectivity index is 1.39. The van der Waals surface area contributed by atoms with E-state index >= 15 is 0 Å². The molecule has 1 N–H and O–H groups in total. The van der Waals surface area contributed by atoms with E-state index in [0.29, 0.717) is 31.8 Å². The molecule has 0 unspecified atom stereocenters. The second-order valence-electron chi connectivity index (χ2n) is 5.85. The van der Waals surface area contributed by atoms with Crippen LogP contribution < -0.4 is 10.2 Å². The number of urea groups is 1. The minimum absolute atomic E-state index is 0.169. The van der Waals surface area contributed by atoms with Crippen LogP contribution in [0.15, 0.2) is 36.7 Å². The molecule has 1 aliphatic rings. The Morgan fingerprint density at radius 2 is 1.88 bits per heavy atom. The highest BCUT2D eigenvalue weighted by Crippen LogP contribution is 2.18. The number of carbonyl (C=O) groups is 1. The van der Waals surface area contributed by atoms with Crippen LogP contribution in [0, 0.1) is 11.6 Å². The van der Waals surface area contributed by atoms with Crippen LogP contribution in [0.25, 0.3) is 5.65 Å². The smallest absolute Gasteiger partial charge is 0.322 e. The van der Waals surface area contributed by atoms with Crippen LogP contribution in [-0.4, -0.2) is 56.9 Å². The summed E-state index contributed by atoms with van der Waals surface area (Å²) in [6, 6.07) is 6.15. The molecular weight excluding hydrogens is 344 g/mol. The van der Waals surface area contributed by atoms with Crippen LogP contribution >= 0.6 is 0 Å². The van der Waals surface area contributed by atoms with E-state index < -0.39 is 17.7 Å². The molecular formula is C16H15F2N7O. The van der Waals surface area contributed by atoms with Crippen LogP contribution in [0.3, 0.4) is 0 Å². The summed E-state index contributed by atoms with van der Waals surface area (Å²) in [5.74, 6) is -0.527. The molecule has 1 fully saturated rings. The molecule has 0 aliphatic carbocycles. The summed E-state index contributed by atoms with van der Waals surface area (Å²) >= 11 is 0. The molecule has 0 radical (unpaired) electrons. The van der Waals surface area contributed by atoms with E-state index in [4.69, 9.17) is 0 Å². The van der Waals surface area contributed by atoms with E-state index in [1.165, 1.54) is 6.33 Å². The molecule has 0 saturated carbocycles. The van der Waals surface area contributed by atoms with Gasteiger partial charge in [-0.15, -0.1) is 15.3 Å². The second kappa shape index (κ2) is 6.54. The molecule has 3 heterocycles. The zero-order chi connectivity index (χ0) is 18.1. The van der Waals surface area contributed by atoms with Crippen molar-refractivity contribution in [3.05, 3.63) is 48.3 Å². The number of aromatic nitrogens is 4. The zero-order valence-electron chi connectivity index (χ0n) is 13.6. The first-order valence-corrected chi connectivity index (χ1v) is 8.03. The van der Waals surface area contributed by atoms with Gasteiger partial charge >= 0.3 is 6.03 Å². The number of fused-ring (bicyclic) bond motifs is 1. The maximum absolute atomic E-state index is 13.7. The molecule has 1 saturated heterocycles. The third-order valence-electron chi connectivity index (χ3n) is 4.21. The zero-order valence-corrected chi connectivity index (χ0v) is 13.6. The third-order valence-corrected chi connectivity index (χ3v) is 4.21. The number of hydrogen-bond donors (Lipinski definition) is 1. The lowest BCUT2D eigenvalue weighted by Gasteiger charge is -2.35. The van der Waals surface area contributed by atoms with E-state index in [9.17, 15) is 13.6 Å². The van der Waals surface area contributed by atoms with Gasteiger partial charge in [-0.05, 0) is 24.3 Å². The van der Waals surface area contributed by atoms with Gasteiger partial charge in [-0.2, -0.15) is 4.52 Å². The summed E-state index contributed by atoms with van der Waals surface area (Å²) < 4.78 is 28.4. The quantitative estimate of drug-likeness (QED) is 0.754. The molecule has 10 heteroatoms. The Labute approximate surface area is 147 Å². The van der Waals surface area contributed by atoms with Crippen molar-refractivity contribution in [2.75, 3.05) is 36.4 Å². The van der Waals surface area contributed by atoms with Gasteiger partial charge in [-0.1, -0.05) is 0 Å². The number of nitrogens with one attached hydrogen (secondary N) is 1. The molecule has 134 valence electrons. The van der Waals surface area contributed by atoms with Crippen LogP contribution in [0.4, 0.5) is 25.1 Å². The van der Waals surface area contributed by atoms with Crippen molar-refractivity contribution in [2.24, 2.45) is 0 Å². The molecule has 0 atom stereocenters. The van der Waals surface area contributed by atoms with Crippen molar-refractivity contribution in [2.45, 2.75) is 0 Å². The van der Waals surface area contributed by atoms with Gasteiger partial charge in [-0.3, -0.25) is 0 Å². The van der Waals surface area contributed by atoms with Gasteiger partial charge in [0.05, 0.1) is 5.69 Å². The van der Waals surface area contributed by atoms with Gasteiger partial charge in [0, 0.05) is 32.2 Å². The fraction of sp³-hybridized carbons (Fsp3) is 0.250. The first-order chi connectivity index (χ1) is 12.6. The monoisotopic (exact) mass is 359 g/mol. The minimum atomic E-state index is -0.676. The Hall–Kier alpha value is -3.30.